The van der Waals surface area contributed by atoms with Gasteiger partial charge < -0.3 is 5.11 Å². The van der Waals surface area contributed by atoms with Crippen molar-refractivity contribution < 1.29 is 5.11 Å². The Morgan fingerprint density at radius 2 is 1.67 bits per heavy atom. The minimum absolute atomic E-state index is 1.00. The van der Waals surface area contributed by atoms with E-state index in [4.69, 9.17) is 5.11 Å². The molecule has 0 heterocycles. The molecule has 2 nitrogen and oxygen atoms in total. The minimum atomic E-state index is 1.00. The summed E-state index contributed by atoms with van der Waals surface area (Å²) in [5, 5.41) is 7.00. The van der Waals surface area contributed by atoms with Crippen LogP contribution in [0.15, 0.2) is 30.3 Å². The molecule has 2 heteroatoms. The normalized spacial score (nSPS) is 9.67. The van der Waals surface area contributed by atoms with E-state index in [1.807, 2.05) is 0 Å². The SMILES string of the molecule is CCCN(CC)Cc1ccccc1.CO. The van der Waals surface area contributed by atoms with E-state index < -0.39 is 0 Å². The first kappa shape index (κ1) is 14.1. The summed E-state index contributed by atoms with van der Waals surface area (Å²) < 4.78 is 0. The molecule has 0 spiro atoms. The zero-order valence-electron chi connectivity index (χ0n) is 10.1. The molecular weight excluding hydrogens is 186 g/mol. The predicted molar refractivity (Wildman–Crippen MR) is 65.8 cm³/mol. The fraction of sp³-hybridized carbons (Fsp3) is 0.538. The Hall–Kier alpha value is -0.860. The molecule has 0 radical (unpaired) electrons. The molecule has 1 aromatic carbocycles. The monoisotopic (exact) mass is 209 g/mol. The van der Waals surface area contributed by atoms with Gasteiger partial charge in [0.1, 0.15) is 0 Å². The molecule has 0 unspecified atom stereocenters. The van der Waals surface area contributed by atoms with Crippen molar-refractivity contribution in [1.82, 2.24) is 4.90 Å². The lowest BCUT2D eigenvalue weighted by molar-refractivity contribution is 0.280. The first-order chi connectivity index (χ1) is 7.36. The summed E-state index contributed by atoms with van der Waals surface area (Å²) in [6.45, 7) is 7.88. The number of nitrogens with zero attached hydrogens (tertiary/aromatic N) is 1. The Morgan fingerprint density at radius 3 is 2.13 bits per heavy atom. The minimum Gasteiger partial charge on any atom is -0.400 e. The average molecular weight is 209 g/mol. The van der Waals surface area contributed by atoms with Crippen LogP contribution in [0.4, 0.5) is 0 Å². The second-order valence-electron chi connectivity index (χ2n) is 3.35. The van der Waals surface area contributed by atoms with Gasteiger partial charge in [-0.25, -0.2) is 0 Å². The summed E-state index contributed by atoms with van der Waals surface area (Å²) in [6, 6.07) is 10.7. The van der Waals surface area contributed by atoms with Crippen molar-refractivity contribution in [2.24, 2.45) is 0 Å². The Bertz CT molecular complexity index is 223. The van der Waals surface area contributed by atoms with Crippen LogP contribution in [0.5, 0.6) is 0 Å². The molecular formula is C13H23NO. The molecule has 0 atom stereocenters. The van der Waals surface area contributed by atoms with Gasteiger partial charge in [-0.3, -0.25) is 4.90 Å². The standard InChI is InChI=1S/C12H19N.CH4O/c1-3-10-13(4-2)11-12-8-6-5-7-9-12;1-2/h5-9H,3-4,10-11H2,1-2H3;2H,1H3. The number of rotatable bonds is 5. The van der Waals surface area contributed by atoms with E-state index in [0.29, 0.717) is 0 Å². The third-order valence-electron chi connectivity index (χ3n) is 2.24. The van der Waals surface area contributed by atoms with E-state index in [-0.39, 0.29) is 0 Å². The molecule has 86 valence electrons. The molecule has 1 aromatic rings. The highest BCUT2D eigenvalue weighted by molar-refractivity contribution is 5.14. The van der Waals surface area contributed by atoms with E-state index in [1.54, 1.807) is 0 Å². The number of aliphatic hydroxyl groups is 1. The van der Waals surface area contributed by atoms with Gasteiger partial charge >= 0.3 is 0 Å². The molecule has 0 bridgehead atoms. The first-order valence-corrected chi connectivity index (χ1v) is 5.57. The molecule has 0 aliphatic carbocycles. The van der Waals surface area contributed by atoms with Gasteiger partial charge in [0.25, 0.3) is 0 Å². The zero-order chi connectivity index (χ0) is 11.5. The summed E-state index contributed by atoms with van der Waals surface area (Å²) >= 11 is 0. The van der Waals surface area contributed by atoms with Crippen LogP contribution in [0.1, 0.15) is 25.8 Å². The molecule has 0 aromatic heterocycles. The summed E-state index contributed by atoms with van der Waals surface area (Å²) in [5.74, 6) is 0. The number of aliphatic hydroxyl groups excluding tert-OH is 1. The highest BCUT2D eigenvalue weighted by Crippen LogP contribution is 2.04. The second-order valence-corrected chi connectivity index (χ2v) is 3.35. The van der Waals surface area contributed by atoms with E-state index in [9.17, 15) is 0 Å². The molecule has 15 heavy (non-hydrogen) atoms. The van der Waals surface area contributed by atoms with Crippen LogP contribution in [-0.4, -0.2) is 30.2 Å². The maximum atomic E-state index is 7.00. The van der Waals surface area contributed by atoms with Crippen LogP contribution >= 0.6 is 0 Å². The van der Waals surface area contributed by atoms with E-state index in [1.165, 1.54) is 18.5 Å². The summed E-state index contributed by atoms with van der Waals surface area (Å²) in [5.41, 5.74) is 1.41. The van der Waals surface area contributed by atoms with Gasteiger partial charge in [0.2, 0.25) is 0 Å². The van der Waals surface area contributed by atoms with Crippen LogP contribution in [0.25, 0.3) is 0 Å². The smallest absolute Gasteiger partial charge is 0.0319 e. The fourth-order valence-electron chi connectivity index (χ4n) is 1.51. The molecule has 0 fully saturated rings. The van der Waals surface area contributed by atoms with Crippen LogP contribution in [0, 0.1) is 0 Å². The number of hydrogen-bond acceptors (Lipinski definition) is 2. The van der Waals surface area contributed by atoms with E-state index >= 15 is 0 Å². The zero-order valence-corrected chi connectivity index (χ0v) is 10.1. The van der Waals surface area contributed by atoms with Crippen LogP contribution in [0.2, 0.25) is 0 Å². The van der Waals surface area contributed by atoms with Gasteiger partial charge in [-0.1, -0.05) is 44.2 Å². The average Bonchev–Trinajstić information content (AvgIpc) is 2.32. The van der Waals surface area contributed by atoms with Crippen molar-refractivity contribution in [3.63, 3.8) is 0 Å². The van der Waals surface area contributed by atoms with Crippen molar-refractivity contribution in [2.75, 3.05) is 20.2 Å². The molecule has 0 aliphatic heterocycles. The summed E-state index contributed by atoms with van der Waals surface area (Å²) in [6.07, 6.45) is 1.24. The third-order valence-corrected chi connectivity index (χ3v) is 2.24. The molecule has 0 saturated carbocycles. The van der Waals surface area contributed by atoms with Gasteiger partial charge in [0, 0.05) is 13.7 Å². The quantitative estimate of drug-likeness (QED) is 0.805. The van der Waals surface area contributed by atoms with Gasteiger partial charge in [-0.2, -0.15) is 0 Å². The van der Waals surface area contributed by atoms with Crippen molar-refractivity contribution >= 4 is 0 Å². The van der Waals surface area contributed by atoms with Crippen LogP contribution in [-0.2, 0) is 6.54 Å². The summed E-state index contributed by atoms with van der Waals surface area (Å²) in [7, 11) is 1.00. The lowest BCUT2D eigenvalue weighted by Crippen LogP contribution is -2.23. The third kappa shape index (κ3) is 6.26. The molecule has 0 saturated heterocycles. The lowest BCUT2D eigenvalue weighted by Gasteiger charge is -2.19. The van der Waals surface area contributed by atoms with Crippen molar-refractivity contribution in [3.8, 4) is 0 Å². The van der Waals surface area contributed by atoms with Gasteiger partial charge in [-0.05, 0) is 25.1 Å². The van der Waals surface area contributed by atoms with Crippen LogP contribution in [0.3, 0.4) is 0 Å². The second kappa shape index (κ2) is 9.69. The number of hydrogen-bond donors (Lipinski definition) is 1. The molecule has 1 rings (SSSR count). The fourth-order valence-corrected chi connectivity index (χ4v) is 1.51. The van der Waals surface area contributed by atoms with Crippen molar-refractivity contribution in [2.45, 2.75) is 26.8 Å². The lowest BCUT2D eigenvalue weighted by atomic mass is 10.2. The maximum Gasteiger partial charge on any atom is 0.0319 e. The predicted octanol–water partition coefficient (Wildman–Crippen LogP) is 2.53. The van der Waals surface area contributed by atoms with Gasteiger partial charge in [0.05, 0.1) is 0 Å². The van der Waals surface area contributed by atoms with E-state index in [2.05, 4.69) is 49.1 Å². The highest BCUT2D eigenvalue weighted by atomic mass is 16.2. The topological polar surface area (TPSA) is 23.5 Å². The molecule has 0 aliphatic rings. The van der Waals surface area contributed by atoms with Gasteiger partial charge in [0.15, 0.2) is 0 Å². The maximum absolute atomic E-state index is 7.00. The highest BCUT2D eigenvalue weighted by Gasteiger charge is 2.00. The van der Waals surface area contributed by atoms with Gasteiger partial charge in [-0.15, -0.1) is 0 Å². The first-order valence-electron chi connectivity index (χ1n) is 5.57. The largest absolute Gasteiger partial charge is 0.400 e. The Labute approximate surface area is 93.5 Å². The van der Waals surface area contributed by atoms with Crippen molar-refractivity contribution in [3.05, 3.63) is 35.9 Å². The molecule has 1 N–H and O–H groups in total. The Balaban J connectivity index is 0.000000921. The van der Waals surface area contributed by atoms with Crippen molar-refractivity contribution in [1.29, 1.82) is 0 Å². The Kier molecular flexibility index (Phi) is 9.13. The number of benzene rings is 1. The van der Waals surface area contributed by atoms with Crippen LogP contribution < -0.4 is 0 Å². The van der Waals surface area contributed by atoms with E-state index in [0.717, 1.165) is 20.2 Å². The molecule has 0 amide bonds. The summed E-state index contributed by atoms with van der Waals surface area (Å²) in [4.78, 5) is 2.47. The Morgan fingerprint density at radius 1 is 1.07 bits per heavy atom.